The molecule has 2 aliphatic heterocycles. The fraction of sp³-hybridized carbons (Fsp3) is 0.667. The standard InChI is InChI=1S/C18H26FNO/c1-14(2)16-11-18(21-13-16)7-9-20(10-8-18)12-15-3-5-17(19)6-4-15/h3-6,14,16H,7-13H2,1-2H3/t16-/m0/s1. The minimum atomic E-state index is -0.157. The average Bonchev–Trinajstić information content (AvgIpc) is 2.89. The molecule has 0 radical (unpaired) electrons. The molecule has 21 heavy (non-hydrogen) atoms. The number of ether oxygens (including phenoxy) is 1. The average molecular weight is 291 g/mol. The lowest BCUT2D eigenvalue weighted by molar-refractivity contribution is -0.0452. The molecule has 0 bridgehead atoms. The van der Waals surface area contributed by atoms with Crippen LogP contribution in [0.1, 0.15) is 38.7 Å². The predicted molar refractivity (Wildman–Crippen MR) is 82.5 cm³/mol. The van der Waals surface area contributed by atoms with Gasteiger partial charge >= 0.3 is 0 Å². The summed E-state index contributed by atoms with van der Waals surface area (Å²) in [7, 11) is 0. The van der Waals surface area contributed by atoms with Crippen molar-refractivity contribution < 1.29 is 9.13 Å². The van der Waals surface area contributed by atoms with Crippen LogP contribution in [0, 0.1) is 17.7 Å². The summed E-state index contributed by atoms with van der Waals surface area (Å²) in [6, 6.07) is 6.88. The zero-order valence-electron chi connectivity index (χ0n) is 13.1. The van der Waals surface area contributed by atoms with Crippen LogP contribution in [0.15, 0.2) is 24.3 Å². The van der Waals surface area contributed by atoms with Gasteiger partial charge in [-0.3, -0.25) is 4.90 Å². The molecular weight excluding hydrogens is 265 g/mol. The summed E-state index contributed by atoms with van der Waals surface area (Å²) in [4.78, 5) is 2.46. The van der Waals surface area contributed by atoms with E-state index in [0.29, 0.717) is 0 Å². The van der Waals surface area contributed by atoms with Crippen molar-refractivity contribution in [1.29, 1.82) is 0 Å². The van der Waals surface area contributed by atoms with E-state index < -0.39 is 0 Å². The molecule has 0 aliphatic carbocycles. The topological polar surface area (TPSA) is 12.5 Å². The van der Waals surface area contributed by atoms with Crippen LogP contribution in [-0.4, -0.2) is 30.2 Å². The zero-order chi connectivity index (χ0) is 14.9. The van der Waals surface area contributed by atoms with E-state index in [-0.39, 0.29) is 11.4 Å². The summed E-state index contributed by atoms with van der Waals surface area (Å²) in [6.07, 6.45) is 3.50. The Hall–Kier alpha value is -0.930. The number of benzene rings is 1. The second kappa shape index (κ2) is 6.05. The first-order valence-corrected chi connectivity index (χ1v) is 8.17. The van der Waals surface area contributed by atoms with Crippen molar-refractivity contribution in [2.24, 2.45) is 11.8 Å². The minimum absolute atomic E-state index is 0.147. The Kier molecular flexibility index (Phi) is 4.32. The third-order valence-electron chi connectivity index (χ3n) is 5.27. The van der Waals surface area contributed by atoms with Gasteiger partial charge in [-0.2, -0.15) is 0 Å². The van der Waals surface area contributed by atoms with Crippen LogP contribution in [0.2, 0.25) is 0 Å². The van der Waals surface area contributed by atoms with Gasteiger partial charge in [0.15, 0.2) is 0 Å². The highest BCUT2D eigenvalue weighted by molar-refractivity contribution is 5.16. The maximum Gasteiger partial charge on any atom is 0.123 e. The van der Waals surface area contributed by atoms with E-state index in [1.807, 2.05) is 12.1 Å². The van der Waals surface area contributed by atoms with E-state index in [0.717, 1.165) is 50.9 Å². The summed E-state index contributed by atoms with van der Waals surface area (Å²) in [6.45, 7) is 8.64. The maximum absolute atomic E-state index is 12.9. The molecule has 0 aromatic heterocycles. The second-order valence-electron chi connectivity index (χ2n) is 7.10. The van der Waals surface area contributed by atoms with Crippen molar-refractivity contribution in [2.45, 2.75) is 45.3 Å². The number of hydrogen-bond donors (Lipinski definition) is 0. The Morgan fingerprint density at radius 3 is 2.48 bits per heavy atom. The lowest BCUT2D eigenvalue weighted by atomic mass is 9.82. The van der Waals surface area contributed by atoms with Gasteiger partial charge in [-0.1, -0.05) is 26.0 Å². The molecule has 2 fully saturated rings. The Morgan fingerprint density at radius 1 is 1.24 bits per heavy atom. The molecule has 1 spiro atoms. The van der Waals surface area contributed by atoms with Crippen molar-refractivity contribution in [3.8, 4) is 0 Å². The molecule has 3 rings (SSSR count). The van der Waals surface area contributed by atoms with Crippen LogP contribution >= 0.6 is 0 Å². The van der Waals surface area contributed by atoms with Crippen molar-refractivity contribution in [2.75, 3.05) is 19.7 Å². The summed E-state index contributed by atoms with van der Waals surface area (Å²) < 4.78 is 19.1. The Labute approximate surface area is 127 Å². The first-order chi connectivity index (χ1) is 10.1. The smallest absolute Gasteiger partial charge is 0.123 e. The van der Waals surface area contributed by atoms with Crippen LogP contribution in [0.5, 0.6) is 0 Å². The Morgan fingerprint density at radius 2 is 1.90 bits per heavy atom. The highest BCUT2D eigenvalue weighted by Crippen LogP contribution is 2.41. The highest BCUT2D eigenvalue weighted by Gasteiger charge is 2.43. The number of likely N-dealkylation sites (tertiary alicyclic amines) is 1. The molecule has 0 unspecified atom stereocenters. The van der Waals surface area contributed by atoms with Gasteiger partial charge < -0.3 is 4.74 Å². The largest absolute Gasteiger partial charge is 0.375 e. The van der Waals surface area contributed by atoms with E-state index in [1.54, 1.807) is 12.1 Å². The minimum Gasteiger partial charge on any atom is -0.375 e. The molecule has 0 N–H and O–H groups in total. The van der Waals surface area contributed by atoms with Crippen LogP contribution in [0.4, 0.5) is 4.39 Å². The first kappa shape index (κ1) is 15.0. The van der Waals surface area contributed by atoms with E-state index >= 15 is 0 Å². The van der Waals surface area contributed by atoms with Gasteiger partial charge in [-0.05, 0) is 48.8 Å². The van der Waals surface area contributed by atoms with Crippen LogP contribution < -0.4 is 0 Å². The van der Waals surface area contributed by atoms with Gasteiger partial charge in [0.05, 0.1) is 12.2 Å². The van der Waals surface area contributed by atoms with Gasteiger partial charge in [-0.25, -0.2) is 4.39 Å². The number of halogens is 1. The van der Waals surface area contributed by atoms with Gasteiger partial charge in [0, 0.05) is 19.6 Å². The van der Waals surface area contributed by atoms with Gasteiger partial charge in [0.25, 0.3) is 0 Å². The van der Waals surface area contributed by atoms with Crippen molar-refractivity contribution in [3.63, 3.8) is 0 Å². The molecule has 0 saturated carbocycles. The summed E-state index contributed by atoms with van der Waals surface area (Å²) in [5.41, 5.74) is 1.34. The highest BCUT2D eigenvalue weighted by atomic mass is 19.1. The zero-order valence-corrected chi connectivity index (χ0v) is 13.1. The Bertz CT molecular complexity index is 463. The molecule has 1 aromatic rings. The molecule has 0 amide bonds. The van der Waals surface area contributed by atoms with E-state index in [1.165, 1.54) is 12.0 Å². The quantitative estimate of drug-likeness (QED) is 0.838. The van der Waals surface area contributed by atoms with Gasteiger partial charge in [0.1, 0.15) is 5.82 Å². The normalized spacial score (nSPS) is 25.8. The van der Waals surface area contributed by atoms with Crippen molar-refractivity contribution in [1.82, 2.24) is 4.90 Å². The Balaban J connectivity index is 1.52. The van der Waals surface area contributed by atoms with Crippen molar-refractivity contribution >= 4 is 0 Å². The van der Waals surface area contributed by atoms with Gasteiger partial charge in [-0.15, -0.1) is 0 Å². The summed E-state index contributed by atoms with van der Waals surface area (Å²) in [5, 5.41) is 0. The summed E-state index contributed by atoms with van der Waals surface area (Å²) >= 11 is 0. The van der Waals surface area contributed by atoms with E-state index in [4.69, 9.17) is 4.74 Å². The molecule has 3 heteroatoms. The number of nitrogens with zero attached hydrogens (tertiary/aromatic N) is 1. The fourth-order valence-corrected chi connectivity index (χ4v) is 3.62. The number of rotatable bonds is 3. The summed E-state index contributed by atoms with van der Waals surface area (Å²) in [5.74, 6) is 1.30. The lowest BCUT2D eigenvalue weighted by Gasteiger charge is -2.39. The molecule has 2 heterocycles. The third-order valence-corrected chi connectivity index (χ3v) is 5.27. The third kappa shape index (κ3) is 3.46. The number of hydrogen-bond acceptors (Lipinski definition) is 2. The molecular formula is C18H26FNO. The van der Waals surface area contributed by atoms with Crippen molar-refractivity contribution in [3.05, 3.63) is 35.6 Å². The van der Waals surface area contributed by atoms with E-state index in [2.05, 4.69) is 18.7 Å². The molecule has 2 nitrogen and oxygen atoms in total. The molecule has 1 aromatic carbocycles. The fourth-order valence-electron chi connectivity index (χ4n) is 3.62. The van der Waals surface area contributed by atoms with Crippen LogP contribution in [0.25, 0.3) is 0 Å². The first-order valence-electron chi connectivity index (χ1n) is 8.17. The van der Waals surface area contributed by atoms with E-state index in [9.17, 15) is 4.39 Å². The molecule has 1 atom stereocenters. The molecule has 116 valence electrons. The van der Waals surface area contributed by atoms with Crippen LogP contribution in [-0.2, 0) is 11.3 Å². The predicted octanol–water partition coefficient (Wildman–Crippen LogP) is 3.85. The second-order valence-corrected chi connectivity index (χ2v) is 7.10. The molecule has 2 aliphatic rings. The lowest BCUT2D eigenvalue weighted by Crippen LogP contribution is -2.43. The monoisotopic (exact) mass is 291 g/mol. The van der Waals surface area contributed by atoms with Crippen LogP contribution in [0.3, 0.4) is 0 Å². The SMILES string of the molecule is CC(C)[C@@H]1COC2(CCN(Cc3ccc(F)cc3)CC2)C1. The molecule has 2 saturated heterocycles. The maximum atomic E-state index is 12.9. The number of piperidine rings is 1. The van der Waals surface area contributed by atoms with Gasteiger partial charge in [0.2, 0.25) is 0 Å².